The first-order valence-electron chi connectivity index (χ1n) is 9.09. The van der Waals surface area contributed by atoms with Gasteiger partial charge in [0.1, 0.15) is 12.7 Å². The number of halogens is 2. The monoisotopic (exact) mass is 407 g/mol. The molecule has 0 radical (unpaired) electrons. The van der Waals surface area contributed by atoms with Crippen molar-refractivity contribution in [2.24, 2.45) is 0 Å². The molecule has 1 unspecified atom stereocenters. The van der Waals surface area contributed by atoms with Gasteiger partial charge in [-0.3, -0.25) is 4.79 Å². The zero-order chi connectivity index (χ0) is 19.4. The van der Waals surface area contributed by atoms with E-state index in [9.17, 15) is 9.90 Å². The number of carbonyl (C=O) groups is 1. The molecule has 1 aliphatic rings. The minimum Gasteiger partial charge on any atom is -0.394 e. The number of amides is 1. The van der Waals surface area contributed by atoms with E-state index in [-0.39, 0.29) is 37.3 Å². The first-order valence-corrected chi connectivity index (χ1v) is 9.85. The SMILES string of the molecule is CCC[C@@H](CO)N1C(=O)CO[C@H](c2cccc(Cl)c2)C1c1ccc(Cl)cc1. The Labute approximate surface area is 169 Å². The fourth-order valence-corrected chi connectivity index (χ4v) is 3.99. The summed E-state index contributed by atoms with van der Waals surface area (Å²) in [7, 11) is 0. The van der Waals surface area contributed by atoms with Gasteiger partial charge in [0.05, 0.1) is 18.7 Å². The molecule has 144 valence electrons. The number of hydrogen-bond acceptors (Lipinski definition) is 3. The Kier molecular flexibility index (Phi) is 6.77. The van der Waals surface area contributed by atoms with Crippen molar-refractivity contribution in [3.63, 3.8) is 0 Å². The molecule has 6 heteroatoms. The Hall–Kier alpha value is -1.59. The van der Waals surface area contributed by atoms with E-state index in [1.807, 2.05) is 43.3 Å². The van der Waals surface area contributed by atoms with Crippen molar-refractivity contribution < 1.29 is 14.6 Å². The summed E-state index contributed by atoms with van der Waals surface area (Å²) in [4.78, 5) is 14.6. The second kappa shape index (κ2) is 9.07. The number of rotatable bonds is 6. The maximum Gasteiger partial charge on any atom is 0.249 e. The molecule has 1 N–H and O–H groups in total. The lowest BCUT2D eigenvalue weighted by atomic mass is 9.91. The minimum atomic E-state index is -0.381. The van der Waals surface area contributed by atoms with E-state index >= 15 is 0 Å². The summed E-state index contributed by atoms with van der Waals surface area (Å²) < 4.78 is 5.97. The average molecular weight is 408 g/mol. The summed E-state index contributed by atoms with van der Waals surface area (Å²) in [5.74, 6) is -0.124. The van der Waals surface area contributed by atoms with Crippen molar-refractivity contribution in [3.05, 3.63) is 69.7 Å². The quantitative estimate of drug-likeness (QED) is 0.748. The fraction of sp³-hybridized carbons (Fsp3) is 0.381. The van der Waals surface area contributed by atoms with Gasteiger partial charge >= 0.3 is 0 Å². The van der Waals surface area contributed by atoms with Gasteiger partial charge in [0.15, 0.2) is 0 Å². The summed E-state index contributed by atoms with van der Waals surface area (Å²) in [6.07, 6.45) is 1.20. The highest BCUT2D eigenvalue weighted by Crippen LogP contribution is 2.42. The third-order valence-corrected chi connectivity index (χ3v) is 5.36. The van der Waals surface area contributed by atoms with Gasteiger partial charge in [0, 0.05) is 10.0 Å². The molecule has 0 aliphatic carbocycles. The average Bonchev–Trinajstić information content (AvgIpc) is 2.67. The first kappa shape index (κ1) is 20.2. The number of nitrogens with zero attached hydrogens (tertiary/aromatic N) is 1. The van der Waals surface area contributed by atoms with E-state index in [1.165, 1.54) is 0 Å². The lowest BCUT2D eigenvalue weighted by molar-refractivity contribution is -0.165. The molecule has 0 aromatic heterocycles. The maximum atomic E-state index is 12.8. The van der Waals surface area contributed by atoms with Crippen molar-refractivity contribution in [2.75, 3.05) is 13.2 Å². The van der Waals surface area contributed by atoms with E-state index in [1.54, 1.807) is 17.0 Å². The van der Waals surface area contributed by atoms with Crippen molar-refractivity contribution in [2.45, 2.75) is 38.0 Å². The Bertz CT molecular complexity index is 781. The van der Waals surface area contributed by atoms with Crippen LogP contribution in [0.15, 0.2) is 48.5 Å². The molecular formula is C21H23Cl2NO3. The Morgan fingerprint density at radius 2 is 1.89 bits per heavy atom. The van der Waals surface area contributed by atoms with Gasteiger partial charge in [-0.15, -0.1) is 0 Å². The number of ether oxygens (including phenoxy) is 1. The van der Waals surface area contributed by atoms with Crippen LogP contribution in [0.2, 0.25) is 10.0 Å². The van der Waals surface area contributed by atoms with Crippen molar-refractivity contribution in [3.8, 4) is 0 Å². The fourth-order valence-electron chi connectivity index (χ4n) is 3.67. The van der Waals surface area contributed by atoms with Crippen LogP contribution in [-0.4, -0.2) is 35.2 Å². The predicted molar refractivity (Wildman–Crippen MR) is 107 cm³/mol. The highest BCUT2D eigenvalue weighted by molar-refractivity contribution is 6.30. The van der Waals surface area contributed by atoms with Gasteiger partial charge in [0.2, 0.25) is 5.91 Å². The van der Waals surface area contributed by atoms with Crippen LogP contribution < -0.4 is 0 Å². The summed E-state index contributed by atoms with van der Waals surface area (Å²) >= 11 is 12.2. The topological polar surface area (TPSA) is 49.8 Å². The van der Waals surface area contributed by atoms with Gasteiger partial charge in [-0.1, -0.05) is 60.8 Å². The highest BCUT2D eigenvalue weighted by atomic mass is 35.5. The van der Waals surface area contributed by atoms with Crippen LogP contribution in [0.4, 0.5) is 0 Å². The standard InChI is InChI=1S/C21H23Cl2NO3/c1-2-4-18(12-25)24-19(26)13-27-21(15-5-3-6-17(23)11-15)20(24)14-7-9-16(22)10-8-14/h3,5-11,18,20-21,25H,2,4,12-13H2,1H3/t18-,20?,21+/m0/s1. The van der Waals surface area contributed by atoms with E-state index < -0.39 is 0 Å². The normalized spacial score (nSPS) is 21.3. The van der Waals surface area contributed by atoms with Crippen molar-refractivity contribution >= 4 is 29.1 Å². The zero-order valence-corrected chi connectivity index (χ0v) is 16.7. The summed E-state index contributed by atoms with van der Waals surface area (Å²) in [5, 5.41) is 11.2. The van der Waals surface area contributed by atoms with E-state index in [4.69, 9.17) is 27.9 Å². The van der Waals surface area contributed by atoms with Crippen molar-refractivity contribution in [1.29, 1.82) is 0 Å². The summed E-state index contributed by atoms with van der Waals surface area (Å²) in [6.45, 7) is 1.92. The molecule has 1 saturated heterocycles. The van der Waals surface area contributed by atoms with Crippen molar-refractivity contribution in [1.82, 2.24) is 4.90 Å². The molecular weight excluding hydrogens is 385 g/mol. The number of benzene rings is 2. The lowest BCUT2D eigenvalue weighted by Crippen LogP contribution is -2.52. The number of carbonyl (C=O) groups excluding carboxylic acids is 1. The van der Waals surface area contributed by atoms with Crippen LogP contribution in [-0.2, 0) is 9.53 Å². The predicted octanol–water partition coefficient (Wildman–Crippen LogP) is 4.80. The number of aliphatic hydroxyl groups is 1. The molecule has 2 aromatic rings. The zero-order valence-electron chi connectivity index (χ0n) is 15.1. The lowest BCUT2D eigenvalue weighted by Gasteiger charge is -2.45. The van der Waals surface area contributed by atoms with Crippen LogP contribution in [0, 0.1) is 0 Å². The van der Waals surface area contributed by atoms with Crippen LogP contribution in [0.5, 0.6) is 0 Å². The third kappa shape index (κ3) is 4.46. The molecule has 2 aromatic carbocycles. The Balaban J connectivity index is 2.08. The van der Waals surface area contributed by atoms with Crippen LogP contribution >= 0.6 is 23.2 Å². The molecule has 4 nitrogen and oxygen atoms in total. The Morgan fingerprint density at radius 3 is 2.52 bits per heavy atom. The van der Waals surface area contributed by atoms with Crippen LogP contribution in [0.3, 0.4) is 0 Å². The van der Waals surface area contributed by atoms with E-state index in [2.05, 4.69) is 0 Å². The molecule has 1 heterocycles. The number of morpholine rings is 1. The molecule has 0 saturated carbocycles. The van der Waals surface area contributed by atoms with E-state index in [0.717, 1.165) is 17.5 Å². The highest BCUT2D eigenvalue weighted by Gasteiger charge is 2.41. The maximum absolute atomic E-state index is 12.8. The molecule has 1 fully saturated rings. The Morgan fingerprint density at radius 1 is 1.15 bits per heavy atom. The van der Waals surface area contributed by atoms with Gasteiger partial charge in [-0.25, -0.2) is 0 Å². The number of aliphatic hydroxyl groups excluding tert-OH is 1. The molecule has 1 aliphatic heterocycles. The summed E-state index contributed by atoms with van der Waals surface area (Å²) in [5.41, 5.74) is 1.81. The summed E-state index contributed by atoms with van der Waals surface area (Å²) in [6, 6.07) is 14.3. The molecule has 0 bridgehead atoms. The minimum absolute atomic E-state index is 0.0263. The van der Waals surface area contributed by atoms with Gasteiger partial charge < -0.3 is 14.7 Å². The van der Waals surface area contributed by atoms with Gasteiger partial charge in [0.25, 0.3) is 0 Å². The van der Waals surface area contributed by atoms with E-state index in [0.29, 0.717) is 16.5 Å². The molecule has 0 spiro atoms. The van der Waals surface area contributed by atoms with Crippen LogP contribution in [0.25, 0.3) is 0 Å². The third-order valence-electron chi connectivity index (χ3n) is 4.88. The first-order chi connectivity index (χ1) is 13.0. The van der Waals surface area contributed by atoms with Gasteiger partial charge in [-0.2, -0.15) is 0 Å². The van der Waals surface area contributed by atoms with Crippen LogP contribution in [0.1, 0.15) is 43.0 Å². The second-order valence-electron chi connectivity index (χ2n) is 6.71. The number of hydrogen-bond donors (Lipinski definition) is 1. The largest absolute Gasteiger partial charge is 0.394 e. The molecule has 27 heavy (non-hydrogen) atoms. The smallest absolute Gasteiger partial charge is 0.249 e. The second-order valence-corrected chi connectivity index (χ2v) is 7.58. The molecule has 3 rings (SSSR count). The molecule has 1 amide bonds. The molecule has 3 atom stereocenters. The van der Waals surface area contributed by atoms with Gasteiger partial charge in [-0.05, 0) is 41.8 Å².